The molecule has 1 amide bonds. The number of hydrogen-bond acceptors (Lipinski definition) is 3. The number of carbonyl (C=O) groups excluding carboxylic acids is 1. The summed E-state index contributed by atoms with van der Waals surface area (Å²) in [4.78, 5) is 13.2. The van der Waals surface area contributed by atoms with Gasteiger partial charge >= 0.3 is 0 Å². The normalized spacial score (nSPS) is 27.9. The molecule has 3 aliphatic rings. The van der Waals surface area contributed by atoms with Crippen molar-refractivity contribution in [1.82, 2.24) is 9.21 Å². The van der Waals surface area contributed by atoms with E-state index in [4.69, 9.17) is 0 Å². The Morgan fingerprint density at radius 3 is 2.42 bits per heavy atom. The number of piperidine rings is 2. The molecule has 1 atom stereocenters. The molecule has 1 aliphatic carbocycles. The maximum atomic E-state index is 14.1. The van der Waals surface area contributed by atoms with Gasteiger partial charge in [0, 0.05) is 37.5 Å². The second-order valence-corrected chi connectivity index (χ2v) is 9.62. The van der Waals surface area contributed by atoms with E-state index in [2.05, 4.69) is 0 Å². The first-order valence-electron chi connectivity index (χ1n) is 9.06. The molecular weight excluding hydrogens is 362 g/mol. The lowest BCUT2D eigenvalue weighted by molar-refractivity contribution is -0.139. The lowest BCUT2D eigenvalue weighted by Gasteiger charge is -2.48. The highest BCUT2D eigenvalue weighted by Gasteiger charge is 2.48. The Balaban J connectivity index is 1.61. The third-order valence-electron chi connectivity index (χ3n) is 5.83. The van der Waals surface area contributed by atoms with Crippen molar-refractivity contribution in [3.63, 3.8) is 0 Å². The van der Waals surface area contributed by atoms with Crippen LogP contribution in [0.25, 0.3) is 0 Å². The monoisotopic (exact) mass is 384 g/mol. The fraction of sp³-hybridized carbons (Fsp3) is 0.611. The average molecular weight is 384 g/mol. The number of nitrogens with zero attached hydrogens (tertiary/aromatic N) is 2. The zero-order chi connectivity index (χ0) is 18.5. The van der Waals surface area contributed by atoms with Crippen LogP contribution in [0.1, 0.15) is 38.5 Å². The molecule has 2 saturated heterocycles. The topological polar surface area (TPSA) is 57.7 Å². The van der Waals surface area contributed by atoms with E-state index in [0.29, 0.717) is 25.8 Å². The molecule has 8 heteroatoms. The highest BCUT2D eigenvalue weighted by molar-refractivity contribution is 7.89. The van der Waals surface area contributed by atoms with E-state index < -0.39 is 26.6 Å². The van der Waals surface area contributed by atoms with Crippen molar-refractivity contribution < 1.29 is 22.0 Å². The standard InChI is InChI=1S/C18H22F2N2O3S/c19-14-3-1-4-15(20)17(14)26(24,25)21-10-2-8-18(11-21)9-7-16(23)22(12-18)13-5-6-13/h1,3-4,13H,2,5-12H2/t18-/m1/s1. The maximum Gasteiger partial charge on any atom is 0.248 e. The summed E-state index contributed by atoms with van der Waals surface area (Å²) >= 11 is 0. The minimum atomic E-state index is -4.25. The third-order valence-corrected chi connectivity index (χ3v) is 7.72. The van der Waals surface area contributed by atoms with E-state index in [-0.39, 0.29) is 30.5 Å². The second kappa shape index (κ2) is 6.27. The van der Waals surface area contributed by atoms with Gasteiger partial charge in [0.05, 0.1) is 0 Å². The number of carbonyl (C=O) groups is 1. The molecule has 0 radical (unpaired) electrons. The summed E-state index contributed by atoms with van der Waals surface area (Å²) in [6, 6.07) is 3.37. The smallest absolute Gasteiger partial charge is 0.248 e. The fourth-order valence-corrected chi connectivity index (χ4v) is 6.02. The predicted molar refractivity (Wildman–Crippen MR) is 90.8 cm³/mol. The molecule has 3 fully saturated rings. The minimum absolute atomic E-state index is 0.137. The van der Waals surface area contributed by atoms with Crippen molar-refractivity contribution in [1.29, 1.82) is 0 Å². The van der Waals surface area contributed by atoms with Crippen molar-refractivity contribution in [3.05, 3.63) is 29.8 Å². The van der Waals surface area contributed by atoms with Crippen molar-refractivity contribution in [3.8, 4) is 0 Å². The van der Waals surface area contributed by atoms with Crippen LogP contribution in [0.4, 0.5) is 8.78 Å². The second-order valence-electron chi connectivity index (χ2n) is 7.75. The highest BCUT2D eigenvalue weighted by Crippen LogP contribution is 2.43. The van der Waals surface area contributed by atoms with Crippen LogP contribution >= 0.6 is 0 Å². The Morgan fingerprint density at radius 1 is 1.08 bits per heavy atom. The predicted octanol–water partition coefficient (Wildman–Crippen LogP) is 2.52. The molecule has 1 saturated carbocycles. The molecular formula is C18H22F2N2O3S. The molecule has 1 aromatic carbocycles. The SMILES string of the molecule is O=C1CC[C@@]2(CCCN(S(=O)(=O)c3c(F)cccc3F)C2)CN1C1CC1. The molecule has 4 rings (SSSR count). The number of halogens is 2. The Morgan fingerprint density at radius 2 is 1.77 bits per heavy atom. The molecule has 0 bridgehead atoms. The first-order chi connectivity index (χ1) is 12.3. The van der Waals surface area contributed by atoms with E-state index in [1.54, 1.807) is 0 Å². The lowest BCUT2D eigenvalue weighted by atomic mass is 9.74. The van der Waals surface area contributed by atoms with Crippen LogP contribution in [0, 0.1) is 17.0 Å². The van der Waals surface area contributed by atoms with E-state index in [9.17, 15) is 22.0 Å². The number of benzene rings is 1. The van der Waals surface area contributed by atoms with E-state index in [0.717, 1.165) is 37.5 Å². The van der Waals surface area contributed by atoms with Crippen LogP contribution in [0.2, 0.25) is 0 Å². The Hall–Kier alpha value is -1.54. The summed E-state index contributed by atoms with van der Waals surface area (Å²) in [5, 5.41) is 0. The average Bonchev–Trinajstić information content (AvgIpc) is 3.42. The Labute approximate surface area is 152 Å². The fourth-order valence-electron chi connectivity index (χ4n) is 4.32. The van der Waals surface area contributed by atoms with Crippen LogP contribution in [-0.4, -0.2) is 49.2 Å². The summed E-state index contributed by atoms with van der Waals surface area (Å²) in [6.45, 7) is 0.997. The molecule has 2 heterocycles. The quantitative estimate of drug-likeness (QED) is 0.805. The zero-order valence-corrected chi connectivity index (χ0v) is 15.3. The molecule has 1 spiro atoms. The first kappa shape index (κ1) is 17.9. The van der Waals surface area contributed by atoms with Crippen molar-refractivity contribution >= 4 is 15.9 Å². The number of likely N-dealkylation sites (tertiary alicyclic amines) is 1. The van der Waals surface area contributed by atoms with Gasteiger partial charge in [0.2, 0.25) is 15.9 Å². The van der Waals surface area contributed by atoms with Crippen molar-refractivity contribution in [2.24, 2.45) is 5.41 Å². The summed E-state index contributed by atoms with van der Waals surface area (Å²) in [7, 11) is -4.25. The lowest BCUT2D eigenvalue weighted by Crippen LogP contribution is -2.55. The van der Waals surface area contributed by atoms with Crippen LogP contribution < -0.4 is 0 Å². The van der Waals surface area contributed by atoms with Gasteiger partial charge in [-0.05, 0) is 44.2 Å². The molecule has 0 N–H and O–H groups in total. The summed E-state index contributed by atoms with van der Waals surface area (Å²) in [6.07, 6.45) is 4.51. The molecule has 26 heavy (non-hydrogen) atoms. The summed E-state index contributed by atoms with van der Waals surface area (Å²) in [5.41, 5.74) is -0.316. The van der Waals surface area contributed by atoms with Gasteiger partial charge in [-0.1, -0.05) is 6.07 Å². The molecule has 142 valence electrons. The van der Waals surface area contributed by atoms with Gasteiger partial charge in [0.25, 0.3) is 0 Å². The number of hydrogen-bond donors (Lipinski definition) is 0. The van der Waals surface area contributed by atoms with Gasteiger partial charge in [-0.3, -0.25) is 4.79 Å². The van der Waals surface area contributed by atoms with Crippen LogP contribution in [0.15, 0.2) is 23.1 Å². The highest BCUT2D eigenvalue weighted by atomic mass is 32.2. The van der Waals surface area contributed by atoms with Crippen molar-refractivity contribution in [2.45, 2.75) is 49.5 Å². The maximum absolute atomic E-state index is 14.1. The van der Waals surface area contributed by atoms with Crippen LogP contribution in [-0.2, 0) is 14.8 Å². The van der Waals surface area contributed by atoms with Crippen molar-refractivity contribution in [2.75, 3.05) is 19.6 Å². The van der Waals surface area contributed by atoms with E-state index in [1.165, 1.54) is 4.31 Å². The largest absolute Gasteiger partial charge is 0.339 e. The minimum Gasteiger partial charge on any atom is -0.339 e. The van der Waals surface area contributed by atoms with Gasteiger partial charge in [-0.15, -0.1) is 0 Å². The van der Waals surface area contributed by atoms with E-state index in [1.807, 2.05) is 4.90 Å². The zero-order valence-electron chi connectivity index (χ0n) is 14.5. The number of rotatable bonds is 3. The van der Waals surface area contributed by atoms with Gasteiger partial charge < -0.3 is 4.90 Å². The molecule has 0 unspecified atom stereocenters. The van der Waals surface area contributed by atoms with Gasteiger partial charge in [-0.25, -0.2) is 17.2 Å². The summed E-state index contributed by atoms with van der Waals surface area (Å²) < 4.78 is 55.2. The molecule has 5 nitrogen and oxygen atoms in total. The van der Waals surface area contributed by atoms with Crippen LogP contribution in [0.5, 0.6) is 0 Å². The molecule has 0 aromatic heterocycles. The number of sulfonamides is 1. The van der Waals surface area contributed by atoms with Gasteiger partial charge in [-0.2, -0.15) is 4.31 Å². The van der Waals surface area contributed by atoms with Crippen LogP contribution in [0.3, 0.4) is 0 Å². The van der Waals surface area contributed by atoms with Gasteiger partial charge in [0.15, 0.2) is 4.90 Å². The first-order valence-corrected chi connectivity index (χ1v) is 10.5. The third kappa shape index (κ3) is 3.03. The summed E-state index contributed by atoms with van der Waals surface area (Å²) in [5.74, 6) is -2.00. The molecule has 1 aromatic rings. The van der Waals surface area contributed by atoms with Gasteiger partial charge in [0.1, 0.15) is 11.6 Å². The van der Waals surface area contributed by atoms with E-state index >= 15 is 0 Å². The molecule has 2 aliphatic heterocycles. The Kier molecular flexibility index (Phi) is 4.30. The number of amides is 1. The Bertz CT molecular complexity index is 821.